The van der Waals surface area contributed by atoms with Crippen LogP contribution in [0.5, 0.6) is 11.5 Å². The summed E-state index contributed by atoms with van der Waals surface area (Å²) in [6.45, 7) is 6.12. The van der Waals surface area contributed by atoms with Gasteiger partial charge < -0.3 is 14.0 Å². The third-order valence-corrected chi connectivity index (χ3v) is 5.31. The Hall–Kier alpha value is -2.94. The fourth-order valence-electron chi connectivity index (χ4n) is 2.69. The number of unbranched alkanes of at least 4 members (excludes halogenated alkanes) is 1. The summed E-state index contributed by atoms with van der Waals surface area (Å²) < 4.78 is 16.4. The van der Waals surface area contributed by atoms with Gasteiger partial charge in [0.25, 0.3) is 5.91 Å². The zero-order valence-electron chi connectivity index (χ0n) is 16.9. The molecule has 0 spiro atoms. The number of nitrogens with zero attached hydrogens (tertiary/aromatic N) is 3. The third kappa shape index (κ3) is 5.11. The van der Waals surface area contributed by atoms with Gasteiger partial charge in [-0.15, -0.1) is 10.2 Å². The largest absolute Gasteiger partial charge is 0.493 e. The van der Waals surface area contributed by atoms with Gasteiger partial charge in [-0.1, -0.05) is 29.8 Å². The minimum absolute atomic E-state index is 0.279. The van der Waals surface area contributed by atoms with Crippen LogP contribution in [0.1, 0.15) is 52.1 Å². The van der Waals surface area contributed by atoms with Gasteiger partial charge >= 0.3 is 0 Å². The first-order valence-electron chi connectivity index (χ1n) is 9.38. The predicted molar refractivity (Wildman–Crippen MR) is 110 cm³/mol. The van der Waals surface area contributed by atoms with Crippen molar-refractivity contribution in [3.63, 3.8) is 0 Å². The summed E-state index contributed by atoms with van der Waals surface area (Å²) in [5, 5.41) is 16.2. The van der Waals surface area contributed by atoms with Crippen LogP contribution in [0.2, 0.25) is 0 Å². The quantitative estimate of drug-likeness (QED) is 0.554. The van der Waals surface area contributed by atoms with E-state index in [0.717, 1.165) is 35.5 Å². The number of benzene rings is 1. The number of rotatable bonds is 9. The molecule has 2 aromatic heterocycles. The Morgan fingerprint density at radius 3 is 2.76 bits per heavy atom. The maximum Gasteiger partial charge on any atom is 0.257 e. The lowest BCUT2D eigenvalue weighted by molar-refractivity contribution is 0.102. The molecule has 1 amide bonds. The Morgan fingerprint density at radius 2 is 2.07 bits per heavy atom. The lowest BCUT2D eigenvalue weighted by Crippen LogP contribution is -2.12. The van der Waals surface area contributed by atoms with Gasteiger partial charge in [0, 0.05) is 12.0 Å². The summed E-state index contributed by atoms with van der Waals surface area (Å²) in [7, 11) is 1.53. The number of ether oxygens (including phenoxy) is 2. The minimum atomic E-state index is -0.279. The van der Waals surface area contributed by atoms with E-state index in [1.807, 2.05) is 13.8 Å². The van der Waals surface area contributed by atoms with Crippen molar-refractivity contribution < 1.29 is 18.8 Å². The van der Waals surface area contributed by atoms with E-state index in [-0.39, 0.29) is 5.91 Å². The molecule has 0 fully saturated rings. The fraction of sp³-hybridized carbons (Fsp3) is 0.400. The van der Waals surface area contributed by atoms with Gasteiger partial charge in [-0.25, -0.2) is 0 Å². The second-order valence-electron chi connectivity index (χ2n) is 6.52. The average molecular weight is 417 g/mol. The maximum absolute atomic E-state index is 12.6. The normalized spacial score (nSPS) is 10.8. The van der Waals surface area contributed by atoms with Crippen LogP contribution in [0.3, 0.4) is 0 Å². The number of methoxy groups -OCH3 is 1. The molecule has 0 aliphatic heterocycles. The van der Waals surface area contributed by atoms with Crippen LogP contribution in [0.4, 0.5) is 5.13 Å². The van der Waals surface area contributed by atoms with Crippen molar-refractivity contribution in [3.8, 4) is 11.5 Å². The Kier molecular flexibility index (Phi) is 6.82. The molecule has 0 bridgehead atoms. The fourth-order valence-corrected chi connectivity index (χ4v) is 3.46. The third-order valence-electron chi connectivity index (χ3n) is 4.41. The van der Waals surface area contributed by atoms with Gasteiger partial charge in [0.05, 0.1) is 18.4 Å². The van der Waals surface area contributed by atoms with E-state index in [4.69, 9.17) is 14.0 Å². The first-order chi connectivity index (χ1) is 14.0. The molecule has 0 atom stereocenters. The molecule has 1 N–H and O–H groups in total. The number of anilines is 1. The molecule has 0 unspecified atom stereocenters. The van der Waals surface area contributed by atoms with Crippen molar-refractivity contribution in [2.24, 2.45) is 0 Å². The summed E-state index contributed by atoms with van der Waals surface area (Å²) in [5.74, 6) is 1.43. The molecule has 0 saturated carbocycles. The van der Waals surface area contributed by atoms with Gasteiger partial charge in [-0.3, -0.25) is 10.1 Å². The highest BCUT2D eigenvalue weighted by Gasteiger charge is 2.15. The van der Waals surface area contributed by atoms with Crippen molar-refractivity contribution in [1.29, 1.82) is 0 Å². The molecule has 0 saturated heterocycles. The SMILES string of the molecule is CCCCc1nnc(NC(=O)c2ccc(OCc3c(C)noc3C)c(OC)c2)s1. The molecule has 1 aromatic carbocycles. The van der Waals surface area contributed by atoms with Crippen LogP contribution < -0.4 is 14.8 Å². The number of carbonyl (C=O) groups excluding carboxylic acids is 1. The van der Waals surface area contributed by atoms with Crippen molar-refractivity contribution >= 4 is 22.4 Å². The van der Waals surface area contributed by atoms with Crippen LogP contribution >= 0.6 is 11.3 Å². The van der Waals surface area contributed by atoms with Crippen molar-refractivity contribution in [1.82, 2.24) is 15.4 Å². The van der Waals surface area contributed by atoms with Crippen molar-refractivity contribution in [2.45, 2.75) is 46.6 Å². The van der Waals surface area contributed by atoms with E-state index in [9.17, 15) is 4.79 Å². The minimum Gasteiger partial charge on any atom is -0.493 e. The molecule has 8 nitrogen and oxygen atoms in total. The number of hydrogen-bond acceptors (Lipinski definition) is 8. The van der Waals surface area contributed by atoms with Crippen molar-refractivity contribution in [2.75, 3.05) is 12.4 Å². The molecule has 3 rings (SSSR count). The van der Waals surface area contributed by atoms with Gasteiger partial charge in [-0.05, 0) is 38.5 Å². The molecule has 0 radical (unpaired) electrons. The van der Waals surface area contributed by atoms with E-state index in [1.54, 1.807) is 18.2 Å². The molecular weight excluding hydrogens is 392 g/mol. The second kappa shape index (κ2) is 9.51. The number of nitrogens with one attached hydrogen (secondary N) is 1. The predicted octanol–water partition coefficient (Wildman–Crippen LogP) is 4.33. The van der Waals surface area contributed by atoms with E-state index in [0.29, 0.717) is 34.6 Å². The lowest BCUT2D eigenvalue weighted by atomic mass is 10.2. The highest BCUT2D eigenvalue weighted by atomic mass is 32.1. The second-order valence-corrected chi connectivity index (χ2v) is 7.58. The summed E-state index contributed by atoms with van der Waals surface area (Å²) in [6.07, 6.45) is 3.01. The summed E-state index contributed by atoms with van der Waals surface area (Å²) in [5.41, 5.74) is 2.12. The Bertz CT molecular complexity index is 963. The monoisotopic (exact) mass is 416 g/mol. The first kappa shape index (κ1) is 20.8. The summed E-state index contributed by atoms with van der Waals surface area (Å²) in [4.78, 5) is 12.6. The van der Waals surface area contributed by atoms with Crippen LogP contribution in [0.25, 0.3) is 0 Å². The average Bonchev–Trinajstić information content (AvgIpc) is 3.30. The summed E-state index contributed by atoms with van der Waals surface area (Å²) in [6, 6.07) is 5.02. The number of hydrogen-bond donors (Lipinski definition) is 1. The Morgan fingerprint density at radius 1 is 1.24 bits per heavy atom. The standard InChI is InChI=1S/C20H24N4O4S/c1-5-6-7-18-22-23-20(29-18)21-19(25)14-8-9-16(17(10-14)26-4)27-11-15-12(2)24-28-13(15)3/h8-10H,5-7,11H2,1-4H3,(H,21,23,25). The molecular formula is C20H24N4O4S. The van der Waals surface area contributed by atoms with E-state index >= 15 is 0 Å². The lowest BCUT2D eigenvalue weighted by Gasteiger charge is -2.12. The molecule has 3 aromatic rings. The molecule has 9 heteroatoms. The maximum atomic E-state index is 12.6. The van der Waals surface area contributed by atoms with Gasteiger partial charge in [-0.2, -0.15) is 0 Å². The summed E-state index contributed by atoms with van der Waals surface area (Å²) >= 11 is 1.39. The molecule has 29 heavy (non-hydrogen) atoms. The highest BCUT2D eigenvalue weighted by molar-refractivity contribution is 7.15. The Balaban J connectivity index is 1.67. The van der Waals surface area contributed by atoms with Gasteiger partial charge in [0.2, 0.25) is 5.13 Å². The number of amides is 1. The number of carbonyl (C=O) groups is 1. The van der Waals surface area contributed by atoms with Crippen LogP contribution in [0.15, 0.2) is 22.7 Å². The Labute approximate surface area is 173 Å². The molecule has 0 aliphatic rings. The van der Waals surface area contributed by atoms with Crippen molar-refractivity contribution in [3.05, 3.63) is 45.8 Å². The molecule has 0 aliphatic carbocycles. The topological polar surface area (TPSA) is 99.4 Å². The van der Waals surface area contributed by atoms with Gasteiger partial charge in [0.15, 0.2) is 11.5 Å². The van der Waals surface area contributed by atoms with Gasteiger partial charge in [0.1, 0.15) is 17.4 Å². The first-order valence-corrected chi connectivity index (χ1v) is 10.2. The van der Waals surface area contributed by atoms with Crippen LogP contribution in [0, 0.1) is 13.8 Å². The number of aryl methyl sites for hydroxylation is 3. The van der Waals surface area contributed by atoms with Crippen LogP contribution in [-0.2, 0) is 13.0 Å². The molecule has 154 valence electrons. The van der Waals surface area contributed by atoms with E-state index < -0.39 is 0 Å². The highest BCUT2D eigenvalue weighted by Crippen LogP contribution is 2.30. The zero-order valence-corrected chi connectivity index (χ0v) is 17.8. The smallest absolute Gasteiger partial charge is 0.257 e. The molecule has 2 heterocycles. The zero-order chi connectivity index (χ0) is 20.8. The van der Waals surface area contributed by atoms with Crippen LogP contribution in [-0.4, -0.2) is 28.4 Å². The van der Waals surface area contributed by atoms with E-state index in [1.165, 1.54) is 18.4 Å². The number of aromatic nitrogens is 3. The van der Waals surface area contributed by atoms with E-state index in [2.05, 4.69) is 27.6 Å².